The third kappa shape index (κ3) is 4.63. The van der Waals surface area contributed by atoms with Crippen molar-refractivity contribution in [2.75, 3.05) is 23.9 Å². The summed E-state index contributed by atoms with van der Waals surface area (Å²) in [6.45, 7) is 0.786. The van der Waals surface area contributed by atoms with Gasteiger partial charge in [0.25, 0.3) is 0 Å². The van der Waals surface area contributed by atoms with E-state index in [1.165, 1.54) is 27.7 Å². The van der Waals surface area contributed by atoms with E-state index in [4.69, 9.17) is 0 Å². The van der Waals surface area contributed by atoms with Gasteiger partial charge in [-0.25, -0.2) is 8.42 Å². The van der Waals surface area contributed by atoms with Crippen LogP contribution in [0.15, 0.2) is 65.6 Å². The van der Waals surface area contributed by atoms with Crippen LogP contribution < -0.4 is 5.32 Å². The number of hydrogen-bond donors (Lipinski definition) is 1. The normalized spacial score (nSPS) is 14.5. The highest BCUT2D eigenvalue weighted by molar-refractivity contribution is 8.00. The summed E-state index contributed by atoms with van der Waals surface area (Å²) in [6.07, 6.45) is 1.82. The molecular weight excluding hydrogens is 404 g/mol. The van der Waals surface area contributed by atoms with Gasteiger partial charge >= 0.3 is 0 Å². The molecule has 0 spiro atoms. The average Bonchev–Trinajstić information content (AvgIpc) is 2.71. The van der Waals surface area contributed by atoms with Gasteiger partial charge in [-0.05, 0) is 46.5 Å². The van der Waals surface area contributed by atoms with E-state index in [1.807, 2.05) is 36.4 Å². The van der Waals surface area contributed by atoms with Gasteiger partial charge in [-0.1, -0.05) is 42.5 Å². The van der Waals surface area contributed by atoms with Crippen LogP contribution in [-0.2, 0) is 27.8 Å². The third-order valence-electron chi connectivity index (χ3n) is 5.06. The molecule has 0 saturated heterocycles. The van der Waals surface area contributed by atoms with E-state index in [2.05, 4.69) is 29.6 Å². The fourth-order valence-corrected chi connectivity index (χ4v) is 5.12. The second-order valence-electron chi connectivity index (χ2n) is 7.14. The molecule has 29 heavy (non-hydrogen) atoms. The zero-order valence-electron chi connectivity index (χ0n) is 16.1. The molecule has 1 amide bonds. The zero-order chi connectivity index (χ0) is 20.4. The summed E-state index contributed by atoms with van der Waals surface area (Å²) in [5.41, 5.74) is 2.75. The van der Waals surface area contributed by atoms with E-state index in [0.29, 0.717) is 25.3 Å². The lowest BCUT2D eigenvalue weighted by Gasteiger charge is -2.28. The van der Waals surface area contributed by atoms with Crippen LogP contribution in [0.25, 0.3) is 10.8 Å². The number of benzene rings is 3. The van der Waals surface area contributed by atoms with Gasteiger partial charge in [0.05, 0.1) is 12.0 Å². The molecule has 5 nitrogen and oxygen atoms in total. The molecule has 0 radical (unpaired) electrons. The Hall–Kier alpha value is -2.35. The molecule has 3 aromatic carbocycles. The van der Waals surface area contributed by atoms with Crippen molar-refractivity contribution in [2.24, 2.45) is 0 Å². The Labute approximate surface area is 175 Å². The van der Waals surface area contributed by atoms with E-state index < -0.39 is 10.0 Å². The van der Waals surface area contributed by atoms with Gasteiger partial charge in [-0.2, -0.15) is 4.31 Å². The predicted octanol–water partition coefficient (Wildman–Crippen LogP) is 3.89. The van der Waals surface area contributed by atoms with Crippen LogP contribution in [-0.4, -0.2) is 37.2 Å². The standard InChI is InChI=1S/C22H22N2O3S2/c1-29(26,27)24-12-11-20-18(14-24)7-4-8-21(20)23-22(25)15-28-19-10-9-16-5-2-3-6-17(16)13-19/h2-10,13H,11-12,14-15H2,1H3,(H,23,25). The Morgan fingerprint density at radius 2 is 1.86 bits per heavy atom. The molecule has 0 aromatic heterocycles. The highest BCUT2D eigenvalue weighted by Gasteiger charge is 2.24. The molecule has 7 heteroatoms. The van der Waals surface area contributed by atoms with Gasteiger partial charge in [0, 0.05) is 23.7 Å². The highest BCUT2D eigenvalue weighted by atomic mass is 32.2. The minimum atomic E-state index is -3.22. The number of carbonyl (C=O) groups excluding carboxylic acids is 1. The van der Waals surface area contributed by atoms with Gasteiger partial charge in [0.2, 0.25) is 15.9 Å². The first-order valence-corrected chi connectivity index (χ1v) is 12.2. The molecule has 0 aliphatic carbocycles. The van der Waals surface area contributed by atoms with Crippen molar-refractivity contribution in [3.63, 3.8) is 0 Å². The second kappa shape index (κ2) is 8.18. The SMILES string of the molecule is CS(=O)(=O)N1CCc2c(cccc2NC(=O)CSc2ccc3ccccc3c2)C1. The minimum Gasteiger partial charge on any atom is -0.325 e. The molecule has 0 saturated carbocycles. The molecule has 1 aliphatic rings. The van der Waals surface area contributed by atoms with E-state index in [9.17, 15) is 13.2 Å². The van der Waals surface area contributed by atoms with Crippen LogP contribution in [0.3, 0.4) is 0 Å². The van der Waals surface area contributed by atoms with E-state index >= 15 is 0 Å². The van der Waals surface area contributed by atoms with Gasteiger partial charge in [0.1, 0.15) is 0 Å². The summed E-state index contributed by atoms with van der Waals surface area (Å²) in [7, 11) is -3.22. The highest BCUT2D eigenvalue weighted by Crippen LogP contribution is 2.28. The first-order valence-electron chi connectivity index (χ1n) is 9.37. The summed E-state index contributed by atoms with van der Waals surface area (Å²) in [4.78, 5) is 13.6. The molecule has 0 atom stereocenters. The quantitative estimate of drug-likeness (QED) is 0.629. The van der Waals surface area contributed by atoms with Crippen LogP contribution in [0, 0.1) is 0 Å². The Balaban J connectivity index is 1.42. The van der Waals surface area contributed by atoms with E-state index in [-0.39, 0.29) is 5.91 Å². The average molecular weight is 427 g/mol. The summed E-state index contributed by atoms with van der Waals surface area (Å²) < 4.78 is 25.1. The van der Waals surface area contributed by atoms with Gasteiger partial charge in [-0.15, -0.1) is 11.8 Å². The number of sulfonamides is 1. The molecule has 1 N–H and O–H groups in total. The van der Waals surface area contributed by atoms with Crippen molar-refractivity contribution in [3.8, 4) is 0 Å². The number of rotatable bonds is 5. The number of anilines is 1. The van der Waals surface area contributed by atoms with Crippen molar-refractivity contribution >= 4 is 44.2 Å². The number of fused-ring (bicyclic) bond motifs is 2. The lowest BCUT2D eigenvalue weighted by atomic mass is 9.99. The van der Waals surface area contributed by atoms with Crippen LogP contribution in [0.5, 0.6) is 0 Å². The molecule has 3 aromatic rings. The summed E-state index contributed by atoms with van der Waals surface area (Å²) in [5, 5.41) is 5.34. The largest absolute Gasteiger partial charge is 0.325 e. The van der Waals surface area contributed by atoms with E-state index in [1.54, 1.807) is 0 Å². The topological polar surface area (TPSA) is 66.5 Å². The molecule has 4 rings (SSSR count). The number of nitrogens with one attached hydrogen (secondary N) is 1. The van der Waals surface area contributed by atoms with Crippen LogP contribution >= 0.6 is 11.8 Å². The maximum atomic E-state index is 12.5. The number of thioether (sulfide) groups is 1. The first-order chi connectivity index (χ1) is 13.9. The summed E-state index contributed by atoms with van der Waals surface area (Å²) >= 11 is 1.50. The second-order valence-corrected chi connectivity index (χ2v) is 10.2. The summed E-state index contributed by atoms with van der Waals surface area (Å²) in [6, 6.07) is 20.0. The molecule has 0 fully saturated rings. The lowest BCUT2D eigenvalue weighted by molar-refractivity contribution is -0.113. The van der Waals surface area contributed by atoms with Crippen LogP contribution in [0.1, 0.15) is 11.1 Å². The predicted molar refractivity (Wildman–Crippen MR) is 119 cm³/mol. The van der Waals surface area contributed by atoms with Crippen molar-refractivity contribution < 1.29 is 13.2 Å². The maximum absolute atomic E-state index is 12.5. The lowest BCUT2D eigenvalue weighted by Crippen LogP contribution is -2.35. The van der Waals surface area contributed by atoms with Crippen LogP contribution in [0.4, 0.5) is 5.69 Å². The Bertz CT molecular complexity index is 1180. The number of nitrogens with zero attached hydrogens (tertiary/aromatic N) is 1. The molecule has 150 valence electrons. The fraction of sp³-hybridized carbons (Fsp3) is 0.227. The maximum Gasteiger partial charge on any atom is 0.234 e. The zero-order valence-corrected chi connectivity index (χ0v) is 17.7. The Morgan fingerprint density at radius 1 is 1.07 bits per heavy atom. The molecular formula is C22H22N2O3S2. The molecule has 0 bridgehead atoms. The third-order valence-corrected chi connectivity index (χ3v) is 7.31. The number of carbonyl (C=O) groups is 1. The van der Waals surface area contributed by atoms with Gasteiger partial charge < -0.3 is 5.32 Å². The van der Waals surface area contributed by atoms with Crippen molar-refractivity contribution in [1.29, 1.82) is 0 Å². The first kappa shape index (κ1) is 19.9. The molecule has 0 unspecified atom stereocenters. The van der Waals surface area contributed by atoms with Crippen molar-refractivity contribution in [2.45, 2.75) is 17.9 Å². The Morgan fingerprint density at radius 3 is 2.66 bits per heavy atom. The van der Waals surface area contributed by atoms with Crippen molar-refractivity contribution in [3.05, 3.63) is 71.8 Å². The fourth-order valence-electron chi connectivity index (χ4n) is 3.58. The summed E-state index contributed by atoms with van der Waals surface area (Å²) in [5.74, 6) is 0.249. The van der Waals surface area contributed by atoms with Gasteiger partial charge in [0.15, 0.2) is 0 Å². The van der Waals surface area contributed by atoms with E-state index in [0.717, 1.165) is 27.1 Å². The van der Waals surface area contributed by atoms with Crippen molar-refractivity contribution in [1.82, 2.24) is 4.31 Å². The monoisotopic (exact) mass is 426 g/mol. The smallest absolute Gasteiger partial charge is 0.234 e. The number of hydrogen-bond acceptors (Lipinski definition) is 4. The number of amides is 1. The Kier molecular flexibility index (Phi) is 5.63. The van der Waals surface area contributed by atoms with Crippen LogP contribution in [0.2, 0.25) is 0 Å². The molecule has 1 aliphatic heterocycles. The molecule has 1 heterocycles. The van der Waals surface area contributed by atoms with Gasteiger partial charge in [-0.3, -0.25) is 4.79 Å². The minimum absolute atomic E-state index is 0.0675.